The van der Waals surface area contributed by atoms with E-state index in [9.17, 15) is 18.0 Å². The maximum Gasteiger partial charge on any atom is 0.433 e. The second-order valence-electron chi connectivity index (χ2n) is 7.63. The number of likely N-dealkylation sites (N-methyl/N-ethyl adjacent to an activating group) is 1. The second-order valence-corrected chi connectivity index (χ2v) is 7.63. The number of hydrogen-bond donors (Lipinski definition) is 1. The number of carbonyl (C=O) groups excluding carboxylic acids is 1. The monoisotopic (exact) mass is 455 g/mol. The Bertz CT molecular complexity index is 1290. The Morgan fingerprint density at radius 3 is 2.55 bits per heavy atom. The minimum Gasteiger partial charge on any atom is -0.351 e. The van der Waals surface area contributed by atoms with Crippen LogP contribution in [0.3, 0.4) is 0 Å². The average molecular weight is 455 g/mol. The van der Waals surface area contributed by atoms with Crippen LogP contribution in [0.15, 0.2) is 54.7 Å². The van der Waals surface area contributed by atoms with Crippen LogP contribution in [0.25, 0.3) is 27.7 Å². The molecule has 2 aromatic carbocycles. The van der Waals surface area contributed by atoms with E-state index in [1.54, 1.807) is 12.1 Å². The molecule has 0 saturated heterocycles. The Morgan fingerprint density at radius 1 is 1.09 bits per heavy atom. The van der Waals surface area contributed by atoms with Crippen LogP contribution in [0.5, 0.6) is 0 Å². The number of carbonyl (C=O) groups is 1. The number of rotatable bonds is 7. The van der Waals surface area contributed by atoms with Crippen LogP contribution in [0, 0.1) is 0 Å². The molecule has 0 aliphatic heterocycles. The van der Waals surface area contributed by atoms with Crippen LogP contribution in [0.2, 0.25) is 0 Å². The van der Waals surface area contributed by atoms with Crippen molar-refractivity contribution in [1.29, 1.82) is 0 Å². The molecule has 33 heavy (non-hydrogen) atoms. The van der Waals surface area contributed by atoms with Gasteiger partial charge in [0.15, 0.2) is 11.3 Å². The number of nitrogens with one attached hydrogen (secondary N) is 1. The first-order valence-corrected chi connectivity index (χ1v) is 10.8. The van der Waals surface area contributed by atoms with E-state index < -0.39 is 17.8 Å². The van der Waals surface area contributed by atoms with E-state index in [1.165, 1.54) is 0 Å². The Hall–Kier alpha value is -3.46. The lowest BCUT2D eigenvalue weighted by Gasteiger charge is -2.17. The van der Waals surface area contributed by atoms with Gasteiger partial charge in [-0.25, -0.2) is 9.50 Å². The summed E-state index contributed by atoms with van der Waals surface area (Å²) in [6, 6.07) is 13.8. The van der Waals surface area contributed by atoms with Gasteiger partial charge in [-0.3, -0.25) is 4.79 Å². The first-order valence-electron chi connectivity index (χ1n) is 10.8. The molecule has 4 rings (SSSR count). The van der Waals surface area contributed by atoms with E-state index in [0.717, 1.165) is 36.1 Å². The van der Waals surface area contributed by atoms with E-state index in [-0.39, 0.29) is 16.9 Å². The van der Waals surface area contributed by atoms with Crippen molar-refractivity contribution in [1.82, 2.24) is 24.8 Å². The van der Waals surface area contributed by atoms with Crippen molar-refractivity contribution in [2.75, 3.05) is 26.2 Å². The van der Waals surface area contributed by atoms with Gasteiger partial charge in [-0.15, -0.1) is 0 Å². The lowest BCUT2D eigenvalue weighted by molar-refractivity contribution is -0.142. The van der Waals surface area contributed by atoms with Crippen LogP contribution >= 0.6 is 0 Å². The highest BCUT2D eigenvalue weighted by molar-refractivity contribution is 6.00. The molecule has 4 aromatic rings. The summed E-state index contributed by atoms with van der Waals surface area (Å²) in [5, 5.41) is 8.27. The van der Waals surface area contributed by atoms with Gasteiger partial charge in [0.05, 0.1) is 11.9 Å². The summed E-state index contributed by atoms with van der Waals surface area (Å²) < 4.78 is 42.4. The molecule has 0 fully saturated rings. The van der Waals surface area contributed by atoms with Crippen LogP contribution < -0.4 is 5.32 Å². The summed E-state index contributed by atoms with van der Waals surface area (Å²) in [6.45, 7) is 6.73. The summed E-state index contributed by atoms with van der Waals surface area (Å²) in [6.07, 6.45) is -3.54. The fraction of sp³-hybridized carbons (Fsp3) is 0.292. The highest BCUT2D eigenvalue weighted by Crippen LogP contribution is 2.34. The zero-order valence-electron chi connectivity index (χ0n) is 18.4. The molecule has 0 aliphatic carbocycles. The first kappa shape index (κ1) is 22.7. The maximum absolute atomic E-state index is 13.9. The molecule has 1 N–H and O–H groups in total. The van der Waals surface area contributed by atoms with Crippen molar-refractivity contribution in [2.24, 2.45) is 0 Å². The number of amides is 1. The SMILES string of the molecule is CCN(CC)CCNC(=O)c1cnn2c(C(F)(F)F)cc(-c3cccc4ccccc34)nc12. The van der Waals surface area contributed by atoms with Crippen molar-refractivity contribution in [3.63, 3.8) is 0 Å². The average Bonchev–Trinajstić information content (AvgIpc) is 3.24. The van der Waals surface area contributed by atoms with E-state index in [4.69, 9.17) is 0 Å². The lowest BCUT2D eigenvalue weighted by atomic mass is 10.0. The number of benzene rings is 2. The van der Waals surface area contributed by atoms with Crippen molar-refractivity contribution in [3.8, 4) is 11.3 Å². The number of alkyl halides is 3. The number of fused-ring (bicyclic) bond motifs is 2. The van der Waals surface area contributed by atoms with Crippen LogP contribution in [0.4, 0.5) is 13.2 Å². The van der Waals surface area contributed by atoms with Gasteiger partial charge in [0, 0.05) is 18.7 Å². The van der Waals surface area contributed by atoms with Gasteiger partial charge in [-0.2, -0.15) is 18.3 Å². The van der Waals surface area contributed by atoms with Crippen LogP contribution in [-0.2, 0) is 6.18 Å². The quantitative estimate of drug-likeness (QED) is 0.441. The molecular weight excluding hydrogens is 431 g/mol. The molecule has 172 valence electrons. The van der Waals surface area contributed by atoms with Gasteiger partial charge in [0.25, 0.3) is 5.91 Å². The molecule has 2 heterocycles. The van der Waals surface area contributed by atoms with Gasteiger partial charge in [0.2, 0.25) is 0 Å². The van der Waals surface area contributed by atoms with Gasteiger partial charge in [-0.1, -0.05) is 56.3 Å². The third-order valence-corrected chi connectivity index (χ3v) is 5.68. The fourth-order valence-corrected chi connectivity index (χ4v) is 3.87. The van der Waals surface area contributed by atoms with Gasteiger partial charge < -0.3 is 10.2 Å². The standard InChI is InChI=1S/C24H24F3N5O/c1-3-31(4-2)13-12-28-23(33)19-15-29-32-21(24(25,26)27)14-20(30-22(19)32)18-11-7-9-16-8-5-6-10-17(16)18/h5-11,14-15H,3-4,12-13H2,1-2H3,(H,28,33). The fourth-order valence-electron chi connectivity index (χ4n) is 3.87. The third-order valence-electron chi connectivity index (χ3n) is 5.68. The molecule has 0 atom stereocenters. The Kier molecular flexibility index (Phi) is 6.33. The van der Waals surface area contributed by atoms with Crippen LogP contribution in [-0.4, -0.2) is 51.6 Å². The Balaban J connectivity index is 1.79. The van der Waals surface area contributed by atoms with Gasteiger partial charge >= 0.3 is 6.18 Å². The lowest BCUT2D eigenvalue weighted by Crippen LogP contribution is -2.34. The predicted octanol–water partition coefficient (Wildman–Crippen LogP) is 4.64. The number of nitrogens with zero attached hydrogens (tertiary/aromatic N) is 4. The minimum absolute atomic E-state index is 0.00198. The maximum atomic E-state index is 13.9. The summed E-state index contributed by atoms with van der Waals surface area (Å²) >= 11 is 0. The highest BCUT2D eigenvalue weighted by atomic mass is 19.4. The molecule has 9 heteroatoms. The summed E-state index contributed by atoms with van der Waals surface area (Å²) in [5.41, 5.74) is -0.438. The Labute approximate surface area is 189 Å². The van der Waals surface area contributed by atoms with E-state index >= 15 is 0 Å². The second kappa shape index (κ2) is 9.19. The van der Waals surface area contributed by atoms with Gasteiger partial charge in [0.1, 0.15) is 5.56 Å². The van der Waals surface area contributed by atoms with Crippen LogP contribution in [0.1, 0.15) is 29.9 Å². The van der Waals surface area contributed by atoms with Crippen molar-refractivity contribution in [3.05, 3.63) is 66.0 Å². The van der Waals surface area contributed by atoms with Crippen molar-refractivity contribution in [2.45, 2.75) is 20.0 Å². The molecule has 0 spiro atoms. The molecule has 1 amide bonds. The largest absolute Gasteiger partial charge is 0.433 e. The molecule has 0 unspecified atom stereocenters. The first-order chi connectivity index (χ1) is 15.8. The smallest absolute Gasteiger partial charge is 0.351 e. The minimum atomic E-state index is -4.68. The zero-order valence-corrected chi connectivity index (χ0v) is 18.4. The zero-order chi connectivity index (χ0) is 23.6. The summed E-state index contributed by atoms with van der Waals surface area (Å²) in [4.78, 5) is 19.4. The predicted molar refractivity (Wildman–Crippen MR) is 121 cm³/mol. The van der Waals surface area contributed by atoms with Crippen molar-refractivity contribution < 1.29 is 18.0 Å². The normalized spacial score (nSPS) is 12.1. The molecule has 6 nitrogen and oxygen atoms in total. The number of aromatic nitrogens is 3. The van der Waals surface area contributed by atoms with Gasteiger partial charge in [-0.05, 0) is 29.9 Å². The van der Waals surface area contributed by atoms with E-state index in [0.29, 0.717) is 23.2 Å². The molecule has 2 aromatic heterocycles. The number of hydrogen-bond acceptors (Lipinski definition) is 4. The molecule has 0 aliphatic rings. The molecule has 0 saturated carbocycles. The highest BCUT2D eigenvalue weighted by Gasteiger charge is 2.36. The third kappa shape index (κ3) is 4.54. The van der Waals surface area contributed by atoms with E-state index in [2.05, 4.69) is 20.3 Å². The molecular formula is C24H24F3N5O. The Morgan fingerprint density at radius 2 is 1.82 bits per heavy atom. The molecule has 0 bridgehead atoms. The van der Waals surface area contributed by atoms with E-state index in [1.807, 2.05) is 44.2 Å². The summed E-state index contributed by atoms with van der Waals surface area (Å²) in [5.74, 6) is -0.507. The summed E-state index contributed by atoms with van der Waals surface area (Å²) in [7, 11) is 0. The molecule has 0 radical (unpaired) electrons. The number of halogens is 3. The topological polar surface area (TPSA) is 62.5 Å². The van der Waals surface area contributed by atoms with Crippen molar-refractivity contribution >= 4 is 22.3 Å².